The third kappa shape index (κ3) is 2.26. The van der Waals surface area contributed by atoms with Crippen molar-refractivity contribution in [3.8, 4) is 0 Å². The predicted molar refractivity (Wildman–Crippen MR) is 53.9 cm³/mol. The van der Waals surface area contributed by atoms with Gasteiger partial charge in [0.05, 0.1) is 0 Å². The lowest BCUT2D eigenvalue weighted by Crippen LogP contribution is -2.04. The first-order valence-electron chi connectivity index (χ1n) is 4.48. The van der Waals surface area contributed by atoms with Gasteiger partial charge in [-0.3, -0.25) is 0 Å². The van der Waals surface area contributed by atoms with Crippen LogP contribution >= 0.6 is 0 Å². The van der Waals surface area contributed by atoms with Crippen LogP contribution in [0.1, 0.15) is 27.2 Å². The molecule has 66 valence electrons. The third-order valence-corrected chi connectivity index (χ3v) is 2.24. The van der Waals surface area contributed by atoms with E-state index < -0.39 is 0 Å². The first-order valence-corrected chi connectivity index (χ1v) is 4.48. The number of allylic oxidation sites excluding steroid dienone is 4. The lowest BCUT2D eigenvalue weighted by Gasteiger charge is -1.97. The molecule has 1 rings (SSSR count). The average Bonchev–Trinajstić information content (AvgIpc) is 2.47. The normalized spacial score (nSPS) is 19.1. The van der Waals surface area contributed by atoms with E-state index in [4.69, 9.17) is 0 Å². The smallest absolute Gasteiger partial charge is 0.0330 e. The fourth-order valence-corrected chi connectivity index (χ4v) is 1.18. The lowest BCUT2D eigenvalue weighted by atomic mass is 10.2. The van der Waals surface area contributed by atoms with E-state index in [1.165, 1.54) is 23.3 Å². The Labute approximate surface area is 74.9 Å². The second kappa shape index (κ2) is 4.15. The molecule has 0 aliphatic carbocycles. The molecule has 0 atom stereocenters. The predicted octanol–water partition coefficient (Wildman–Crippen LogP) is 2.78. The van der Waals surface area contributed by atoms with Crippen LogP contribution in [0.25, 0.3) is 0 Å². The zero-order chi connectivity index (χ0) is 8.97. The second-order valence-corrected chi connectivity index (χ2v) is 3.24. The molecule has 0 bridgehead atoms. The summed E-state index contributed by atoms with van der Waals surface area (Å²) in [6.45, 7) is 7.45. The summed E-state index contributed by atoms with van der Waals surface area (Å²) in [5.41, 5.74) is 4.08. The molecule has 0 amide bonds. The van der Waals surface area contributed by atoms with E-state index in [0.29, 0.717) is 0 Å². The van der Waals surface area contributed by atoms with Crippen LogP contribution in [0.3, 0.4) is 0 Å². The third-order valence-electron chi connectivity index (χ3n) is 2.24. The molecule has 1 heterocycles. The number of rotatable bonds is 2. The molecule has 0 unspecified atom stereocenters. The van der Waals surface area contributed by atoms with Gasteiger partial charge in [0, 0.05) is 12.2 Å². The van der Waals surface area contributed by atoms with E-state index >= 15 is 0 Å². The molecular weight excluding hydrogens is 146 g/mol. The Morgan fingerprint density at radius 3 is 2.75 bits per heavy atom. The van der Waals surface area contributed by atoms with Crippen molar-refractivity contribution >= 4 is 0 Å². The molecule has 0 aromatic rings. The number of hydrogen-bond donors (Lipinski definition) is 1. The average molecular weight is 163 g/mol. The largest absolute Gasteiger partial charge is 0.385 e. The molecule has 0 saturated carbocycles. The van der Waals surface area contributed by atoms with Gasteiger partial charge in [0.15, 0.2) is 0 Å². The van der Waals surface area contributed by atoms with Gasteiger partial charge in [0.1, 0.15) is 0 Å². The molecule has 1 nitrogen and oxygen atoms in total. The molecule has 0 fully saturated rings. The summed E-state index contributed by atoms with van der Waals surface area (Å²) in [5.74, 6) is 0. The minimum Gasteiger partial charge on any atom is -0.385 e. The van der Waals surface area contributed by atoms with Gasteiger partial charge in [-0.05, 0) is 38.8 Å². The molecule has 1 aliphatic rings. The van der Waals surface area contributed by atoms with Crippen molar-refractivity contribution in [2.75, 3.05) is 6.54 Å². The Hall–Kier alpha value is -0.980. The van der Waals surface area contributed by atoms with Gasteiger partial charge in [-0.25, -0.2) is 0 Å². The van der Waals surface area contributed by atoms with Gasteiger partial charge in [-0.15, -0.1) is 0 Å². The molecular formula is C11H17N. The van der Waals surface area contributed by atoms with Crippen molar-refractivity contribution < 1.29 is 0 Å². The van der Waals surface area contributed by atoms with E-state index in [9.17, 15) is 0 Å². The lowest BCUT2D eigenvalue weighted by molar-refractivity contribution is 0.886. The maximum absolute atomic E-state index is 3.35. The van der Waals surface area contributed by atoms with Gasteiger partial charge in [-0.1, -0.05) is 17.7 Å². The van der Waals surface area contributed by atoms with Crippen molar-refractivity contribution in [2.24, 2.45) is 0 Å². The Kier molecular flexibility index (Phi) is 3.15. The summed E-state index contributed by atoms with van der Waals surface area (Å²) < 4.78 is 0. The van der Waals surface area contributed by atoms with Crippen molar-refractivity contribution in [2.45, 2.75) is 27.2 Å². The molecule has 0 radical (unpaired) electrons. The van der Waals surface area contributed by atoms with Crippen LogP contribution in [0.5, 0.6) is 0 Å². The molecule has 0 aromatic carbocycles. The van der Waals surface area contributed by atoms with Gasteiger partial charge >= 0.3 is 0 Å². The van der Waals surface area contributed by atoms with E-state index in [2.05, 4.69) is 44.3 Å². The summed E-state index contributed by atoms with van der Waals surface area (Å²) in [6.07, 6.45) is 7.62. The van der Waals surface area contributed by atoms with E-state index in [1.807, 2.05) is 0 Å². The van der Waals surface area contributed by atoms with Gasteiger partial charge in [0.2, 0.25) is 0 Å². The molecule has 0 aromatic heterocycles. The van der Waals surface area contributed by atoms with Gasteiger partial charge < -0.3 is 5.32 Å². The van der Waals surface area contributed by atoms with Gasteiger partial charge in [0.25, 0.3) is 0 Å². The quantitative estimate of drug-likeness (QED) is 0.617. The zero-order valence-electron chi connectivity index (χ0n) is 8.15. The monoisotopic (exact) mass is 163 g/mol. The van der Waals surface area contributed by atoms with Crippen molar-refractivity contribution in [3.63, 3.8) is 0 Å². The maximum Gasteiger partial charge on any atom is 0.0330 e. The van der Waals surface area contributed by atoms with Crippen LogP contribution in [-0.2, 0) is 0 Å². The fourth-order valence-electron chi connectivity index (χ4n) is 1.18. The van der Waals surface area contributed by atoms with Crippen LogP contribution in [0.15, 0.2) is 35.1 Å². The van der Waals surface area contributed by atoms with Crippen LogP contribution in [-0.4, -0.2) is 6.54 Å². The Morgan fingerprint density at radius 1 is 1.50 bits per heavy atom. The Bertz CT molecular complexity index is 244. The highest BCUT2D eigenvalue weighted by Gasteiger charge is 2.05. The number of nitrogens with one attached hydrogen (secondary N) is 1. The van der Waals surface area contributed by atoms with Crippen LogP contribution < -0.4 is 5.32 Å². The first kappa shape index (κ1) is 9.11. The van der Waals surface area contributed by atoms with E-state index in [1.54, 1.807) is 0 Å². The highest BCUT2D eigenvalue weighted by atomic mass is 14.9. The minimum absolute atomic E-state index is 1.10. The molecule has 12 heavy (non-hydrogen) atoms. The standard InChI is InChI=1S/C11H17N/c1-4-9(2)5-6-11-10(3)7-8-12-11/h4-6,12H,7-8H2,1-3H3/b6-5-,9-4-. The van der Waals surface area contributed by atoms with Crippen molar-refractivity contribution in [1.29, 1.82) is 0 Å². The topological polar surface area (TPSA) is 12.0 Å². The summed E-state index contributed by atoms with van der Waals surface area (Å²) in [7, 11) is 0. The van der Waals surface area contributed by atoms with Crippen LogP contribution in [0.2, 0.25) is 0 Å². The summed E-state index contributed by atoms with van der Waals surface area (Å²) >= 11 is 0. The summed E-state index contributed by atoms with van der Waals surface area (Å²) in [5, 5.41) is 3.35. The Morgan fingerprint density at radius 2 is 2.25 bits per heavy atom. The van der Waals surface area contributed by atoms with Gasteiger partial charge in [-0.2, -0.15) is 0 Å². The van der Waals surface area contributed by atoms with Crippen LogP contribution in [0, 0.1) is 0 Å². The van der Waals surface area contributed by atoms with Crippen molar-refractivity contribution in [1.82, 2.24) is 5.32 Å². The SMILES string of the molecule is C/C=C(C)\C=C/C1=C(C)CCN1. The Balaban J connectivity index is 2.62. The molecule has 1 heteroatoms. The minimum atomic E-state index is 1.10. The second-order valence-electron chi connectivity index (χ2n) is 3.24. The highest BCUT2D eigenvalue weighted by molar-refractivity contribution is 5.31. The zero-order valence-corrected chi connectivity index (χ0v) is 8.15. The maximum atomic E-state index is 3.35. The molecule has 1 aliphatic heterocycles. The summed E-state index contributed by atoms with van der Waals surface area (Å²) in [4.78, 5) is 0. The molecule has 0 saturated heterocycles. The van der Waals surface area contributed by atoms with Crippen molar-refractivity contribution in [3.05, 3.63) is 35.1 Å². The van der Waals surface area contributed by atoms with E-state index in [-0.39, 0.29) is 0 Å². The first-order chi connectivity index (χ1) is 5.74. The van der Waals surface area contributed by atoms with Crippen LogP contribution in [0.4, 0.5) is 0 Å². The summed E-state index contributed by atoms with van der Waals surface area (Å²) in [6, 6.07) is 0. The number of hydrogen-bond acceptors (Lipinski definition) is 1. The van der Waals surface area contributed by atoms with E-state index in [0.717, 1.165) is 6.54 Å². The molecule has 0 spiro atoms. The fraction of sp³-hybridized carbons (Fsp3) is 0.455. The highest BCUT2D eigenvalue weighted by Crippen LogP contribution is 2.13. The molecule has 1 N–H and O–H groups in total.